The number of halogens is 2. The Hall–Kier alpha value is -1.67. The first-order valence-corrected chi connectivity index (χ1v) is 23.8. The molecule has 4 atom stereocenters. The smallest absolute Gasteiger partial charge is 0.147 e. The Morgan fingerprint density at radius 2 is 0.976 bits per heavy atom. The van der Waals surface area contributed by atoms with E-state index in [1.807, 2.05) is 0 Å². The fraction of sp³-hybridized carbons (Fsp3) is 0.368. The molecule has 0 nitrogen and oxygen atoms in total. The average molecular weight is 748 g/mol. The molecule has 1 heterocycles. The van der Waals surface area contributed by atoms with Crippen LogP contribution in [0.2, 0.25) is 7.35 Å². The van der Waals surface area contributed by atoms with Crippen LogP contribution in [0.3, 0.4) is 0 Å². The summed E-state index contributed by atoms with van der Waals surface area (Å²) in [4.78, 5) is 0. The molecule has 1 aliphatic heterocycles. The van der Waals surface area contributed by atoms with E-state index in [4.69, 9.17) is 0 Å². The number of rotatable bonds is 4. The maximum atomic E-state index is 2.69. The van der Waals surface area contributed by atoms with E-state index >= 15 is 0 Å². The topological polar surface area (TPSA) is 0 Å². The number of benzene rings is 4. The van der Waals surface area contributed by atoms with E-state index in [2.05, 4.69) is 113 Å². The normalized spacial score (nSPS) is 27.6. The molecular formula is C38H42Cl2Hf. The molecule has 0 bridgehead atoms. The maximum absolute atomic E-state index is 3.13. The summed E-state index contributed by atoms with van der Waals surface area (Å²) in [6, 6.07) is 28.3. The van der Waals surface area contributed by atoms with Crippen molar-refractivity contribution in [2.45, 2.75) is 68.1 Å². The summed E-state index contributed by atoms with van der Waals surface area (Å²) in [5.41, 5.74) is 10.1. The zero-order valence-electron chi connectivity index (χ0n) is 24.7. The summed E-state index contributed by atoms with van der Waals surface area (Å²) >= 11 is -3.13. The molecule has 3 heteroatoms. The molecule has 41 heavy (non-hydrogen) atoms. The third-order valence-electron chi connectivity index (χ3n) is 11.2. The molecule has 4 aromatic carbocycles. The van der Waals surface area contributed by atoms with Crippen molar-refractivity contribution in [1.29, 1.82) is 0 Å². The van der Waals surface area contributed by atoms with Crippen LogP contribution in [-0.4, -0.2) is 0 Å². The van der Waals surface area contributed by atoms with Crippen LogP contribution in [0.15, 0.2) is 83.9 Å². The molecule has 1 saturated carbocycles. The first-order chi connectivity index (χ1) is 19.0. The quantitative estimate of drug-likeness (QED) is 0.182. The summed E-state index contributed by atoms with van der Waals surface area (Å²) in [6.07, 6.45) is 11.3. The number of hydrogen-bond acceptors (Lipinski definition) is 0. The molecule has 0 radical (unpaired) electrons. The molecule has 0 spiro atoms. The van der Waals surface area contributed by atoms with E-state index in [9.17, 15) is 0 Å². The Bertz CT molecular complexity index is 1580. The second-order valence-corrected chi connectivity index (χ2v) is 30.2. The van der Waals surface area contributed by atoms with Crippen LogP contribution in [0.4, 0.5) is 0 Å². The largest absolute Gasteiger partial charge is 0.147 e. The summed E-state index contributed by atoms with van der Waals surface area (Å²) in [5, 5.41) is 5.74. The van der Waals surface area contributed by atoms with Crippen molar-refractivity contribution in [1.82, 2.24) is 0 Å². The van der Waals surface area contributed by atoms with Crippen LogP contribution >= 0.6 is 24.8 Å². The minimum absolute atomic E-state index is 0. The molecule has 4 aromatic rings. The third-order valence-corrected chi connectivity index (χ3v) is 35.8. The van der Waals surface area contributed by atoms with Gasteiger partial charge < -0.3 is 0 Å². The average Bonchev–Trinajstić information content (AvgIpc) is 3.25. The van der Waals surface area contributed by atoms with Gasteiger partial charge in [-0.25, -0.2) is 0 Å². The molecule has 4 aliphatic rings. The first-order valence-electron chi connectivity index (χ1n) is 15.5. The Morgan fingerprint density at radius 3 is 1.39 bits per heavy atom. The van der Waals surface area contributed by atoms with Gasteiger partial charge >= 0.3 is 240 Å². The molecule has 4 unspecified atom stereocenters. The Morgan fingerprint density at radius 1 is 0.561 bits per heavy atom. The Balaban J connectivity index is 0.00000151. The SMILES string of the molecule is CC(C)C1=Cc2c(ccc3ccccc23)[CH]1[Hf]1([CH]2C(C(C)C)=Cc3c2ccc2ccccc32)[CH]2CCCC[CH]21.Cl.Cl. The van der Waals surface area contributed by atoms with Crippen LogP contribution in [0.25, 0.3) is 33.7 Å². The molecule has 2 fully saturated rings. The number of fused-ring (bicyclic) bond motifs is 7. The van der Waals surface area contributed by atoms with Crippen molar-refractivity contribution in [3.63, 3.8) is 0 Å². The molecular weight excluding hydrogens is 706 g/mol. The second-order valence-electron chi connectivity index (χ2n) is 13.5. The van der Waals surface area contributed by atoms with Gasteiger partial charge in [0.15, 0.2) is 0 Å². The molecule has 0 N–H and O–H groups in total. The van der Waals surface area contributed by atoms with Gasteiger partial charge in [-0.05, 0) is 0 Å². The van der Waals surface area contributed by atoms with E-state index in [-0.39, 0.29) is 24.8 Å². The zero-order chi connectivity index (χ0) is 26.5. The molecule has 8 rings (SSSR count). The van der Waals surface area contributed by atoms with Crippen LogP contribution in [-0.2, 0) is 20.0 Å². The van der Waals surface area contributed by atoms with Gasteiger partial charge in [-0.2, -0.15) is 0 Å². The van der Waals surface area contributed by atoms with Gasteiger partial charge in [0.05, 0.1) is 0 Å². The van der Waals surface area contributed by atoms with Gasteiger partial charge in [-0.3, -0.25) is 0 Å². The fourth-order valence-corrected chi connectivity index (χ4v) is 46.0. The maximum Gasteiger partial charge on any atom is -0.147 e. The molecule has 212 valence electrons. The van der Waals surface area contributed by atoms with Crippen molar-refractivity contribution in [3.8, 4) is 0 Å². The first kappa shape index (κ1) is 29.4. The number of hydrogen-bond donors (Lipinski definition) is 0. The van der Waals surface area contributed by atoms with Gasteiger partial charge in [-0.15, -0.1) is 24.8 Å². The monoisotopic (exact) mass is 748 g/mol. The van der Waals surface area contributed by atoms with Gasteiger partial charge in [0.25, 0.3) is 0 Å². The van der Waals surface area contributed by atoms with Crippen LogP contribution < -0.4 is 0 Å². The summed E-state index contributed by atoms with van der Waals surface area (Å²) in [6.45, 7) is 9.93. The zero-order valence-corrected chi connectivity index (χ0v) is 29.9. The van der Waals surface area contributed by atoms with Gasteiger partial charge in [0, 0.05) is 0 Å². The van der Waals surface area contributed by atoms with Crippen LogP contribution in [0, 0.1) is 11.8 Å². The third kappa shape index (κ3) is 4.08. The van der Waals surface area contributed by atoms with E-state index in [0.29, 0.717) is 11.8 Å². The van der Waals surface area contributed by atoms with Crippen LogP contribution in [0.5, 0.6) is 0 Å². The van der Waals surface area contributed by atoms with Gasteiger partial charge in [0.2, 0.25) is 0 Å². The second kappa shape index (κ2) is 10.8. The minimum atomic E-state index is -3.13. The molecule has 0 aromatic heterocycles. The van der Waals surface area contributed by atoms with Gasteiger partial charge in [-0.1, -0.05) is 0 Å². The predicted molar refractivity (Wildman–Crippen MR) is 179 cm³/mol. The van der Waals surface area contributed by atoms with Crippen molar-refractivity contribution >= 4 is 58.5 Å². The predicted octanol–water partition coefficient (Wildman–Crippen LogP) is 12.0. The van der Waals surface area contributed by atoms with Crippen LogP contribution in [0.1, 0.15) is 83.0 Å². The summed E-state index contributed by atoms with van der Waals surface area (Å²) < 4.78 is 3.55. The summed E-state index contributed by atoms with van der Waals surface area (Å²) in [7, 11) is 0. The van der Waals surface area contributed by atoms with E-state index in [0.717, 1.165) is 14.7 Å². The van der Waals surface area contributed by atoms with Crippen molar-refractivity contribution in [2.24, 2.45) is 11.8 Å². The summed E-state index contributed by atoms with van der Waals surface area (Å²) in [5.74, 6) is 1.20. The van der Waals surface area contributed by atoms with E-state index < -0.39 is 20.0 Å². The van der Waals surface area contributed by atoms with Crippen molar-refractivity contribution < 1.29 is 20.0 Å². The van der Waals surface area contributed by atoms with Crippen molar-refractivity contribution in [2.75, 3.05) is 0 Å². The number of allylic oxidation sites excluding steroid dienone is 2. The van der Waals surface area contributed by atoms with E-state index in [1.54, 1.807) is 33.4 Å². The Kier molecular flexibility index (Phi) is 7.74. The standard InChI is InChI=1S/2C16H15.C6H10.2ClH.Hf/c2*1-11(2)14-9-13-8-7-12-5-3-4-6-15(12)16(13)10-14;1-2-4-6-5-3-1;;;/h2*3-11H,1-2H3;1-2H,3-6H2;2*1H;. The van der Waals surface area contributed by atoms with Crippen molar-refractivity contribution in [3.05, 3.63) is 106 Å². The molecule has 3 aliphatic carbocycles. The molecule has 0 amide bonds. The Labute approximate surface area is 262 Å². The fourth-order valence-electron chi connectivity index (χ4n) is 9.67. The molecule has 1 saturated heterocycles. The van der Waals surface area contributed by atoms with Gasteiger partial charge in [0.1, 0.15) is 0 Å². The van der Waals surface area contributed by atoms with E-state index in [1.165, 1.54) is 47.2 Å². The minimum Gasteiger partial charge on any atom is -0.147 e.